The molecule has 0 saturated heterocycles. The number of hydrogen-bond donors (Lipinski definition) is 0. The molecule has 1 aromatic heterocycles. The van der Waals surface area contributed by atoms with Crippen molar-refractivity contribution < 1.29 is 14.3 Å². The summed E-state index contributed by atoms with van der Waals surface area (Å²) in [6, 6.07) is 10.5. The van der Waals surface area contributed by atoms with Crippen molar-refractivity contribution in [3.05, 3.63) is 83.4 Å². The lowest BCUT2D eigenvalue weighted by molar-refractivity contribution is 0.105. The average Bonchev–Trinajstić information content (AvgIpc) is 3.12. The summed E-state index contributed by atoms with van der Waals surface area (Å²) in [5.74, 6) is 0.935. The first kappa shape index (κ1) is 22.2. The van der Waals surface area contributed by atoms with Crippen LogP contribution in [0.5, 0.6) is 11.5 Å². The Morgan fingerprint density at radius 3 is 2.48 bits per heavy atom. The minimum Gasteiger partial charge on any atom is -0.496 e. The van der Waals surface area contributed by atoms with E-state index in [-0.39, 0.29) is 12.4 Å². The van der Waals surface area contributed by atoms with E-state index in [4.69, 9.17) is 44.3 Å². The van der Waals surface area contributed by atoms with Crippen LogP contribution in [-0.2, 0) is 6.61 Å². The number of halogens is 4. The van der Waals surface area contributed by atoms with Gasteiger partial charge in [0.05, 0.1) is 22.0 Å². The Balaban J connectivity index is 1.78. The zero-order valence-corrected chi connectivity index (χ0v) is 19.7. The molecule has 0 unspecified atom stereocenters. The second kappa shape index (κ2) is 10.0. The Morgan fingerprint density at radius 1 is 1.14 bits per heavy atom. The second-order valence-electron chi connectivity index (χ2n) is 5.89. The van der Waals surface area contributed by atoms with E-state index < -0.39 is 0 Å². The molecule has 0 fully saturated rings. The summed E-state index contributed by atoms with van der Waals surface area (Å²) < 4.78 is 12.1. The molecule has 3 nitrogen and oxygen atoms in total. The molecule has 0 bridgehead atoms. The third-order valence-corrected chi connectivity index (χ3v) is 6.36. The molecule has 150 valence electrons. The molecule has 0 aliphatic rings. The Labute approximate surface area is 195 Å². The highest BCUT2D eigenvalue weighted by molar-refractivity contribution is 9.10. The van der Waals surface area contributed by atoms with E-state index in [1.54, 1.807) is 31.4 Å². The highest BCUT2D eigenvalue weighted by Gasteiger charge is 2.12. The highest BCUT2D eigenvalue weighted by Crippen LogP contribution is 2.36. The smallest absolute Gasteiger partial charge is 0.195 e. The van der Waals surface area contributed by atoms with Crippen LogP contribution in [0, 0.1) is 0 Å². The van der Waals surface area contributed by atoms with Crippen molar-refractivity contribution in [2.45, 2.75) is 6.61 Å². The maximum absolute atomic E-state index is 12.3. The maximum atomic E-state index is 12.3. The van der Waals surface area contributed by atoms with Gasteiger partial charge in [0.2, 0.25) is 0 Å². The molecular weight excluding hydrogens is 519 g/mol. The van der Waals surface area contributed by atoms with Crippen molar-refractivity contribution in [2.24, 2.45) is 0 Å². The second-order valence-corrected chi connectivity index (χ2v) is 8.96. The molecule has 3 rings (SSSR count). The molecule has 2 aromatic carbocycles. The summed E-state index contributed by atoms with van der Waals surface area (Å²) in [5, 5.41) is 2.95. The summed E-state index contributed by atoms with van der Waals surface area (Å²) in [6.45, 7) is 0.178. The number of carbonyl (C=O) groups excluding carboxylic acids is 1. The fourth-order valence-electron chi connectivity index (χ4n) is 2.53. The molecule has 3 aromatic rings. The standard InChI is InChI=1S/C21H14BrCl3O3S/c1-27-19-5-3-12(2-4-18(26)20-7-14(22)11-29-20)6-13(19)10-28-21-16(24)8-15(23)9-17(21)25/h2-9,11H,10H2,1H3/b4-2+. The Bertz CT molecular complexity index is 1060. The van der Waals surface area contributed by atoms with Crippen molar-refractivity contribution in [2.75, 3.05) is 7.11 Å². The molecule has 0 radical (unpaired) electrons. The SMILES string of the molecule is COc1ccc(/C=C/C(=O)c2cc(Br)cs2)cc1COc1c(Cl)cc(Cl)cc1Cl. The fourth-order valence-corrected chi connectivity index (χ4v) is 4.80. The molecule has 0 spiro atoms. The lowest BCUT2D eigenvalue weighted by Gasteiger charge is -2.13. The van der Waals surface area contributed by atoms with Crippen molar-refractivity contribution in [3.63, 3.8) is 0 Å². The summed E-state index contributed by atoms with van der Waals surface area (Å²) in [5.41, 5.74) is 1.62. The average molecular weight is 533 g/mol. The molecule has 0 aliphatic carbocycles. The molecule has 0 amide bonds. The molecule has 0 saturated carbocycles. The van der Waals surface area contributed by atoms with Crippen molar-refractivity contribution in [1.29, 1.82) is 0 Å². The summed E-state index contributed by atoms with van der Waals surface area (Å²) in [4.78, 5) is 12.9. The molecule has 0 atom stereocenters. The number of carbonyl (C=O) groups is 1. The van der Waals surface area contributed by atoms with Crippen molar-refractivity contribution in [3.8, 4) is 11.5 Å². The van der Waals surface area contributed by atoms with Gasteiger partial charge >= 0.3 is 0 Å². The van der Waals surface area contributed by atoms with Gasteiger partial charge < -0.3 is 9.47 Å². The van der Waals surface area contributed by atoms with E-state index in [2.05, 4.69) is 15.9 Å². The van der Waals surface area contributed by atoms with Crippen LogP contribution in [0.15, 0.2) is 52.3 Å². The van der Waals surface area contributed by atoms with Gasteiger partial charge in [0, 0.05) is 20.4 Å². The van der Waals surface area contributed by atoms with Gasteiger partial charge in [-0.05, 0) is 57.9 Å². The quantitative estimate of drug-likeness (QED) is 0.229. The predicted octanol–water partition coefficient (Wildman–Crippen LogP) is 7.95. The predicted molar refractivity (Wildman–Crippen MR) is 124 cm³/mol. The van der Waals surface area contributed by atoms with E-state index in [0.29, 0.717) is 31.4 Å². The van der Waals surface area contributed by atoms with Gasteiger partial charge in [0.1, 0.15) is 12.4 Å². The van der Waals surface area contributed by atoms with Crippen LogP contribution in [0.2, 0.25) is 15.1 Å². The number of rotatable bonds is 7. The number of ketones is 1. The lowest BCUT2D eigenvalue weighted by Crippen LogP contribution is -2.00. The van der Waals surface area contributed by atoms with Crippen LogP contribution in [0.3, 0.4) is 0 Å². The van der Waals surface area contributed by atoms with Gasteiger partial charge in [-0.15, -0.1) is 11.3 Å². The highest BCUT2D eigenvalue weighted by atomic mass is 79.9. The van der Waals surface area contributed by atoms with Crippen LogP contribution in [0.1, 0.15) is 20.8 Å². The zero-order chi connectivity index (χ0) is 21.0. The molecule has 1 heterocycles. The van der Waals surface area contributed by atoms with Gasteiger partial charge in [-0.3, -0.25) is 4.79 Å². The van der Waals surface area contributed by atoms with Crippen LogP contribution >= 0.6 is 62.1 Å². The first-order valence-electron chi connectivity index (χ1n) is 8.28. The van der Waals surface area contributed by atoms with E-state index >= 15 is 0 Å². The third-order valence-electron chi connectivity index (χ3n) is 3.88. The van der Waals surface area contributed by atoms with Gasteiger partial charge in [0.25, 0.3) is 0 Å². The zero-order valence-electron chi connectivity index (χ0n) is 15.0. The van der Waals surface area contributed by atoms with E-state index in [1.807, 2.05) is 23.6 Å². The minimum absolute atomic E-state index is 0.0611. The Morgan fingerprint density at radius 2 is 1.86 bits per heavy atom. The fraction of sp³-hybridized carbons (Fsp3) is 0.0952. The maximum Gasteiger partial charge on any atom is 0.195 e. The molecule has 0 N–H and O–H groups in total. The monoisotopic (exact) mass is 530 g/mol. The number of ether oxygens (including phenoxy) is 2. The van der Waals surface area contributed by atoms with Crippen LogP contribution in [0.25, 0.3) is 6.08 Å². The van der Waals surface area contributed by atoms with Gasteiger partial charge in [-0.1, -0.05) is 46.9 Å². The Hall–Kier alpha value is -1.50. The summed E-state index contributed by atoms with van der Waals surface area (Å²) >= 11 is 23.0. The summed E-state index contributed by atoms with van der Waals surface area (Å²) in [6.07, 6.45) is 3.29. The van der Waals surface area contributed by atoms with Crippen molar-refractivity contribution >= 4 is 73.9 Å². The number of hydrogen-bond acceptors (Lipinski definition) is 4. The molecule has 29 heavy (non-hydrogen) atoms. The largest absolute Gasteiger partial charge is 0.496 e. The topological polar surface area (TPSA) is 35.5 Å². The third kappa shape index (κ3) is 5.77. The minimum atomic E-state index is -0.0611. The van der Waals surface area contributed by atoms with Gasteiger partial charge in [-0.2, -0.15) is 0 Å². The molecular formula is C21H14BrCl3O3S. The molecule has 0 aliphatic heterocycles. The van der Waals surface area contributed by atoms with E-state index in [1.165, 1.54) is 17.4 Å². The Kier molecular flexibility index (Phi) is 7.66. The normalized spacial score (nSPS) is 11.1. The number of thiophene rings is 1. The summed E-state index contributed by atoms with van der Waals surface area (Å²) in [7, 11) is 1.58. The van der Waals surface area contributed by atoms with Gasteiger partial charge in [-0.25, -0.2) is 0 Å². The molecule has 8 heteroatoms. The van der Waals surface area contributed by atoms with Crippen LogP contribution in [0.4, 0.5) is 0 Å². The van der Waals surface area contributed by atoms with Crippen molar-refractivity contribution in [1.82, 2.24) is 0 Å². The number of methoxy groups -OCH3 is 1. The van der Waals surface area contributed by atoms with Crippen LogP contribution in [-0.4, -0.2) is 12.9 Å². The van der Waals surface area contributed by atoms with E-state index in [0.717, 1.165) is 15.6 Å². The number of benzene rings is 2. The first-order chi connectivity index (χ1) is 13.9. The van der Waals surface area contributed by atoms with E-state index in [9.17, 15) is 4.79 Å². The van der Waals surface area contributed by atoms with Crippen LogP contribution < -0.4 is 9.47 Å². The number of allylic oxidation sites excluding steroid dienone is 1. The first-order valence-corrected chi connectivity index (χ1v) is 11.1. The lowest BCUT2D eigenvalue weighted by atomic mass is 10.1. The van der Waals surface area contributed by atoms with Gasteiger partial charge in [0.15, 0.2) is 11.5 Å².